The van der Waals surface area contributed by atoms with Crippen LogP contribution in [0, 0.1) is 0 Å². The van der Waals surface area contributed by atoms with Gasteiger partial charge in [0.25, 0.3) is 0 Å². The van der Waals surface area contributed by atoms with Crippen molar-refractivity contribution in [1.29, 1.82) is 0 Å². The summed E-state index contributed by atoms with van der Waals surface area (Å²) in [6.07, 6.45) is 6.04. The number of unbranched alkanes of at least 4 members (excludes halogenated alkanes) is 2. The quantitative estimate of drug-likeness (QED) is 0.725. The Morgan fingerprint density at radius 1 is 1.33 bits per heavy atom. The SMILES string of the molecule is CCCCCC(C)Nc1nc(CC)ns1. The number of aromatic nitrogens is 2. The van der Waals surface area contributed by atoms with E-state index in [1.807, 2.05) is 0 Å². The molecule has 1 aromatic heterocycles. The minimum Gasteiger partial charge on any atom is -0.358 e. The molecule has 15 heavy (non-hydrogen) atoms. The Kier molecular flexibility index (Phi) is 5.61. The predicted molar refractivity (Wildman–Crippen MR) is 66.5 cm³/mol. The first-order valence-electron chi connectivity index (χ1n) is 5.85. The average Bonchev–Trinajstić information content (AvgIpc) is 2.66. The third-order valence-electron chi connectivity index (χ3n) is 2.39. The first-order valence-corrected chi connectivity index (χ1v) is 6.62. The van der Waals surface area contributed by atoms with Crippen LogP contribution in [0.2, 0.25) is 0 Å². The fourth-order valence-electron chi connectivity index (χ4n) is 1.44. The van der Waals surface area contributed by atoms with Gasteiger partial charge >= 0.3 is 0 Å². The number of aryl methyl sites for hydroxylation is 1. The summed E-state index contributed by atoms with van der Waals surface area (Å²) in [4.78, 5) is 4.39. The van der Waals surface area contributed by atoms with Gasteiger partial charge in [-0.2, -0.15) is 4.37 Å². The monoisotopic (exact) mass is 227 g/mol. The van der Waals surface area contributed by atoms with E-state index < -0.39 is 0 Å². The number of nitrogens with zero attached hydrogens (tertiary/aromatic N) is 2. The first-order chi connectivity index (χ1) is 7.26. The van der Waals surface area contributed by atoms with Crippen LogP contribution in [-0.2, 0) is 6.42 Å². The van der Waals surface area contributed by atoms with Crippen LogP contribution in [-0.4, -0.2) is 15.4 Å². The summed E-state index contributed by atoms with van der Waals surface area (Å²) in [5, 5.41) is 4.37. The van der Waals surface area contributed by atoms with Gasteiger partial charge in [-0.25, -0.2) is 4.98 Å². The van der Waals surface area contributed by atoms with E-state index in [0.717, 1.165) is 17.4 Å². The van der Waals surface area contributed by atoms with Gasteiger partial charge in [0.2, 0.25) is 5.13 Å². The van der Waals surface area contributed by atoms with Gasteiger partial charge in [-0.1, -0.05) is 33.1 Å². The van der Waals surface area contributed by atoms with E-state index in [9.17, 15) is 0 Å². The van der Waals surface area contributed by atoms with Crippen molar-refractivity contribution < 1.29 is 0 Å². The van der Waals surface area contributed by atoms with Gasteiger partial charge in [0, 0.05) is 24.0 Å². The van der Waals surface area contributed by atoms with Crippen LogP contribution < -0.4 is 5.32 Å². The molecule has 0 fully saturated rings. The van der Waals surface area contributed by atoms with Crippen LogP contribution in [0.1, 0.15) is 52.3 Å². The predicted octanol–water partition coefficient (Wildman–Crippen LogP) is 3.48. The van der Waals surface area contributed by atoms with Crippen molar-refractivity contribution >= 4 is 16.7 Å². The van der Waals surface area contributed by atoms with Crippen molar-refractivity contribution in [3.05, 3.63) is 5.82 Å². The minimum atomic E-state index is 0.509. The maximum atomic E-state index is 4.39. The van der Waals surface area contributed by atoms with E-state index in [1.165, 1.54) is 37.2 Å². The number of nitrogens with one attached hydrogen (secondary N) is 1. The Bertz CT molecular complexity index is 273. The van der Waals surface area contributed by atoms with Crippen molar-refractivity contribution in [2.24, 2.45) is 0 Å². The molecule has 0 aliphatic carbocycles. The first kappa shape index (κ1) is 12.4. The molecule has 86 valence electrons. The third kappa shape index (κ3) is 4.60. The smallest absolute Gasteiger partial charge is 0.202 e. The van der Waals surface area contributed by atoms with Gasteiger partial charge < -0.3 is 5.32 Å². The normalized spacial score (nSPS) is 12.7. The lowest BCUT2D eigenvalue weighted by molar-refractivity contribution is 0.614. The topological polar surface area (TPSA) is 37.8 Å². The molecule has 0 spiro atoms. The van der Waals surface area contributed by atoms with Crippen LogP contribution in [0.15, 0.2) is 0 Å². The number of anilines is 1. The molecule has 0 saturated carbocycles. The molecule has 0 saturated heterocycles. The average molecular weight is 227 g/mol. The molecule has 3 nitrogen and oxygen atoms in total. The molecule has 1 N–H and O–H groups in total. The van der Waals surface area contributed by atoms with E-state index >= 15 is 0 Å². The zero-order chi connectivity index (χ0) is 11.1. The molecule has 1 atom stereocenters. The highest BCUT2D eigenvalue weighted by molar-refractivity contribution is 7.09. The molecule has 0 aliphatic rings. The molecule has 4 heteroatoms. The second-order valence-corrected chi connectivity index (χ2v) is 4.66. The van der Waals surface area contributed by atoms with Crippen molar-refractivity contribution in [2.45, 2.75) is 58.9 Å². The highest BCUT2D eigenvalue weighted by Crippen LogP contribution is 2.14. The van der Waals surface area contributed by atoms with Crippen molar-refractivity contribution in [1.82, 2.24) is 9.36 Å². The van der Waals surface area contributed by atoms with Gasteiger partial charge in [0.05, 0.1) is 0 Å². The standard InChI is InChI=1S/C11H21N3S/c1-4-6-7-8-9(3)12-11-13-10(5-2)14-15-11/h9H,4-8H2,1-3H3,(H,12,13,14). The molecule has 0 radical (unpaired) electrons. The second-order valence-electron chi connectivity index (χ2n) is 3.91. The Balaban J connectivity index is 2.27. The lowest BCUT2D eigenvalue weighted by Crippen LogP contribution is -2.14. The molecule has 0 bridgehead atoms. The highest BCUT2D eigenvalue weighted by atomic mass is 32.1. The number of rotatable bonds is 7. The fraction of sp³-hybridized carbons (Fsp3) is 0.818. The molecule has 1 unspecified atom stereocenters. The summed E-state index contributed by atoms with van der Waals surface area (Å²) in [5.74, 6) is 0.947. The molecule has 1 heterocycles. The summed E-state index contributed by atoms with van der Waals surface area (Å²) in [6, 6.07) is 0.509. The Labute approximate surface area is 96.5 Å². The fourth-order valence-corrected chi connectivity index (χ4v) is 2.20. The molecule has 0 amide bonds. The highest BCUT2D eigenvalue weighted by Gasteiger charge is 2.05. The molecular weight excluding hydrogens is 206 g/mol. The Morgan fingerprint density at radius 2 is 2.13 bits per heavy atom. The van der Waals surface area contributed by atoms with Gasteiger partial charge in [0.1, 0.15) is 5.82 Å². The zero-order valence-electron chi connectivity index (χ0n) is 9.92. The minimum absolute atomic E-state index is 0.509. The number of hydrogen-bond donors (Lipinski definition) is 1. The van der Waals surface area contributed by atoms with Crippen molar-refractivity contribution in [3.8, 4) is 0 Å². The summed E-state index contributed by atoms with van der Waals surface area (Å²) >= 11 is 1.47. The van der Waals surface area contributed by atoms with E-state index in [-0.39, 0.29) is 0 Å². The third-order valence-corrected chi connectivity index (χ3v) is 3.08. The van der Waals surface area contributed by atoms with Gasteiger partial charge in [-0.05, 0) is 13.3 Å². The molecular formula is C11H21N3S. The van der Waals surface area contributed by atoms with E-state index in [1.54, 1.807) is 0 Å². The van der Waals surface area contributed by atoms with Crippen LogP contribution >= 0.6 is 11.5 Å². The van der Waals surface area contributed by atoms with E-state index in [4.69, 9.17) is 0 Å². The molecule has 1 rings (SSSR count). The van der Waals surface area contributed by atoms with E-state index in [2.05, 4.69) is 35.4 Å². The summed E-state index contributed by atoms with van der Waals surface area (Å²) < 4.78 is 4.25. The Morgan fingerprint density at radius 3 is 2.73 bits per heavy atom. The summed E-state index contributed by atoms with van der Waals surface area (Å²) in [6.45, 7) is 6.52. The largest absolute Gasteiger partial charge is 0.358 e. The van der Waals surface area contributed by atoms with Crippen LogP contribution in [0.4, 0.5) is 5.13 Å². The summed E-state index contributed by atoms with van der Waals surface area (Å²) in [5.41, 5.74) is 0. The van der Waals surface area contributed by atoms with Gasteiger partial charge in [-0.3, -0.25) is 0 Å². The molecule has 0 aromatic carbocycles. The second kappa shape index (κ2) is 6.77. The Hall–Kier alpha value is -0.640. The molecule has 1 aromatic rings. The van der Waals surface area contributed by atoms with E-state index in [0.29, 0.717) is 6.04 Å². The van der Waals surface area contributed by atoms with Gasteiger partial charge in [0.15, 0.2) is 0 Å². The van der Waals surface area contributed by atoms with Crippen LogP contribution in [0.5, 0.6) is 0 Å². The maximum absolute atomic E-state index is 4.39. The van der Waals surface area contributed by atoms with Crippen molar-refractivity contribution in [2.75, 3.05) is 5.32 Å². The lowest BCUT2D eigenvalue weighted by Gasteiger charge is -2.11. The van der Waals surface area contributed by atoms with Crippen LogP contribution in [0.25, 0.3) is 0 Å². The van der Waals surface area contributed by atoms with Crippen LogP contribution in [0.3, 0.4) is 0 Å². The summed E-state index contributed by atoms with van der Waals surface area (Å²) in [7, 11) is 0. The van der Waals surface area contributed by atoms with Crippen molar-refractivity contribution in [3.63, 3.8) is 0 Å². The zero-order valence-corrected chi connectivity index (χ0v) is 10.7. The van der Waals surface area contributed by atoms with Gasteiger partial charge in [-0.15, -0.1) is 0 Å². The number of hydrogen-bond acceptors (Lipinski definition) is 4. The lowest BCUT2D eigenvalue weighted by atomic mass is 10.1. The maximum Gasteiger partial charge on any atom is 0.202 e. The molecule has 0 aliphatic heterocycles.